The molecular formula is C27H27F3N4O2. The molecule has 5 rings (SSSR count). The second kappa shape index (κ2) is 9.79. The van der Waals surface area contributed by atoms with Crippen LogP contribution in [0.25, 0.3) is 22.4 Å². The molecule has 0 spiro atoms. The van der Waals surface area contributed by atoms with E-state index in [0.29, 0.717) is 28.7 Å². The van der Waals surface area contributed by atoms with Crippen LogP contribution >= 0.6 is 0 Å². The van der Waals surface area contributed by atoms with Gasteiger partial charge in [-0.25, -0.2) is 0 Å². The zero-order valence-corrected chi connectivity index (χ0v) is 20.0. The Bertz CT molecular complexity index is 1330. The highest BCUT2D eigenvalue weighted by atomic mass is 19.4. The molecular weight excluding hydrogens is 469 g/mol. The number of methoxy groups -OCH3 is 1. The summed E-state index contributed by atoms with van der Waals surface area (Å²) in [5.74, 6) is 1.77. The first-order valence-corrected chi connectivity index (χ1v) is 12.0. The van der Waals surface area contributed by atoms with E-state index in [0.717, 1.165) is 48.6 Å². The van der Waals surface area contributed by atoms with Gasteiger partial charge in [0.25, 0.3) is 0 Å². The molecule has 1 aliphatic rings. The second-order valence-corrected chi connectivity index (χ2v) is 9.32. The Labute approximate surface area is 206 Å². The Morgan fingerprint density at radius 3 is 2.44 bits per heavy atom. The minimum atomic E-state index is -4.37. The van der Waals surface area contributed by atoms with Crippen LogP contribution in [-0.2, 0) is 6.18 Å². The Morgan fingerprint density at radius 1 is 1.00 bits per heavy atom. The number of hydrogen-bond acceptors (Lipinski definition) is 6. The molecule has 2 heterocycles. The number of pyridine rings is 1. The van der Waals surface area contributed by atoms with Crippen LogP contribution < -0.4 is 10.1 Å². The molecule has 1 N–H and O–H groups in total. The maximum atomic E-state index is 13.3. The summed E-state index contributed by atoms with van der Waals surface area (Å²) in [5.41, 5.74) is 1.72. The number of fused-ring (bicyclic) bond motifs is 1. The minimum Gasteiger partial charge on any atom is -0.497 e. The smallest absolute Gasteiger partial charge is 0.416 e. The molecule has 1 aliphatic carbocycles. The Balaban J connectivity index is 1.23. The fraction of sp³-hybridized carbons (Fsp3) is 0.370. The SMILES string of the molecule is COc1ccc(-c2nnc(NC(C)[C@H]3CC[C@@H](c4ccnc5ccc(C(F)(F)F)cc54)CC3)o2)cc1. The van der Waals surface area contributed by atoms with Gasteiger partial charge in [-0.2, -0.15) is 13.2 Å². The van der Waals surface area contributed by atoms with Gasteiger partial charge in [0.2, 0.25) is 5.89 Å². The number of nitrogens with zero attached hydrogens (tertiary/aromatic N) is 3. The molecule has 1 saturated carbocycles. The summed E-state index contributed by atoms with van der Waals surface area (Å²) in [5, 5.41) is 12.2. The first-order chi connectivity index (χ1) is 17.3. The van der Waals surface area contributed by atoms with Crippen molar-refractivity contribution in [2.75, 3.05) is 12.4 Å². The lowest BCUT2D eigenvalue weighted by Gasteiger charge is -2.33. The van der Waals surface area contributed by atoms with E-state index in [9.17, 15) is 13.2 Å². The maximum absolute atomic E-state index is 13.3. The van der Waals surface area contributed by atoms with Crippen LogP contribution in [-0.4, -0.2) is 28.3 Å². The molecule has 9 heteroatoms. The number of alkyl halides is 3. The van der Waals surface area contributed by atoms with Gasteiger partial charge in [-0.15, -0.1) is 5.10 Å². The number of ether oxygens (including phenoxy) is 1. The topological polar surface area (TPSA) is 73.1 Å². The number of halogens is 3. The van der Waals surface area contributed by atoms with Crippen molar-refractivity contribution in [1.29, 1.82) is 0 Å². The lowest BCUT2D eigenvalue weighted by molar-refractivity contribution is -0.137. The summed E-state index contributed by atoms with van der Waals surface area (Å²) in [6, 6.07) is 13.6. The van der Waals surface area contributed by atoms with Gasteiger partial charge in [-0.3, -0.25) is 4.98 Å². The van der Waals surface area contributed by atoms with E-state index in [-0.39, 0.29) is 12.0 Å². The predicted molar refractivity (Wildman–Crippen MR) is 131 cm³/mol. The Hall–Kier alpha value is -3.62. The molecule has 0 saturated heterocycles. The van der Waals surface area contributed by atoms with Crippen LogP contribution in [0.15, 0.2) is 59.1 Å². The summed E-state index contributed by atoms with van der Waals surface area (Å²) >= 11 is 0. The van der Waals surface area contributed by atoms with Gasteiger partial charge >= 0.3 is 12.2 Å². The van der Waals surface area contributed by atoms with E-state index >= 15 is 0 Å². The summed E-state index contributed by atoms with van der Waals surface area (Å²) in [4.78, 5) is 4.28. The standard InChI is InChI=1S/C27H27F3N4O2/c1-16(32-26-34-33-25(36-26)19-7-10-21(35-2)11-8-19)17-3-5-18(6-4-17)22-13-14-31-24-12-9-20(15-23(22)24)27(28,29)30/h7-18H,3-6H2,1-2H3,(H,32,34)/t16?,17-,18+. The zero-order chi connectivity index (χ0) is 25.3. The van der Waals surface area contributed by atoms with Crippen molar-refractivity contribution >= 4 is 16.9 Å². The fourth-order valence-corrected chi connectivity index (χ4v) is 5.07. The van der Waals surface area contributed by atoms with Crippen LogP contribution in [0.1, 0.15) is 49.7 Å². The van der Waals surface area contributed by atoms with Crippen molar-refractivity contribution < 1.29 is 22.3 Å². The van der Waals surface area contributed by atoms with Gasteiger partial charge < -0.3 is 14.5 Å². The number of anilines is 1. The molecule has 0 amide bonds. The Kier molecular flexibility index (Phi) is 6.55. The van der Waals surface area contributed by atoms with Crippen molar-refractivity contribution in [1.82, 2.24) is 15.2 Å². The number of nitrogens with one attached hydrogen (secondary N) is 1. The Morgan fingerprint density at radius 2 is 1.75 bits per heavy atom. The second-order valence-electron chi connectivity index (χ2n) is 9.32. The molecule has 6 nitrogen and oxygen atoms in total. The van der Waals surface area contributed by atoms with Crippen molar-refractivity contribution in [2.24, 2.45) is 5.92 Å². The number of benzene rings is 2. The maximum Gasteiger partial charge on any atom is 0.416 e. The van der Waals surface area contributed by atoms with Crippen molar-refractivity contribution in [2.45, 2.75) is 50.7 Å². The van der Waals surface area contributed by atoms with Gasteiger partial charge in [0.1, 0.15) is 5.75 Å². The summed E-state index contributed by atoms with van der Waals surface area (Å²) in [6.07, 6.45) is 1.00. The molecule has 0 bridgehead atoms. The van der Waals surface area contributed by atoms with Crippen LogP contribution in [0.2, 0.25) is 0 Å². The first kappa shape index (κ1) is 24.1. The van der Waals surface area contributed by atoms with Crippen LogP contribution in [0.5, 0.6) is 5.75 Å². The molecule has 2 aromatic carbocycles. The predicted octanol–water partition coefficient (Wildman–Crippen LogP) is 7.09. The summed E-state index contributed by atoms with van der Waals surface area (Å²) < 4.78 is 50.9. The molecule has 1 atom stereocenters. The lowest BCUT2D eigenvalue weighted by Crippen LogP contribution is -2.29. The average molecular weight is 497 g/mol. The normalized spacial score (nSPS) is 19.2. The molecule has 188 valence electrons. The third kappa shape index (κ3) is 5.01. The van der Waals surface area contributed by atoms with Gasteiger partial charge in [-0.05, 0) is 98.5 Å². The van der Waals surface area contributed by atoms with E-state index in [1.165, 1.54) is 12.1 Å². The number of rotatable bonds is 6. The van der Waals surface area contributed by atoms with Gasteiger partial charge in [0.05, 0.1) is 18.2 Å². The third-order valence-corrected chi connectivity index (χ3v) is 7.13. The monoisotopic (exact) mass is 496 g/mol. The highest BCUT2D eigenvalue weighted by Crippen LogP contribution is 2.41. The highest BCUT2D eigenvalue weighted by Gasteiger charge is 2.32. The van der Waals surface area contributed by atoms with E-state index in [1.807, 2.05) is 30.3 Å². The summed E-state index contributed by atoms with van der Waals surface area (Å²) in [7, 11) is 1.61. The fourth-order valence-electron chi connectivity index (χ4n) is 5.07. The first-order valence-electron chi connectivity index (χ1n) is 12.0. The van der Waals surface area contributed by atoms with Crippen molar-refractivity contribution in [3.8, 4) is 17.2 Å². The van der Waals surface area contributed by atoms with E-state index in [4.69, 9.17) is 9.15 Å². The van der Waals surface area contributed by atoms with Crippen LogP contribution in [0, 0.1) is 5.92 Å². The van der Waals surface area contributed by atoms with E-state index in [1.54, 1.807) is 13.3 Å². The van der Waals surface area contributed by atoms with E-state index in [2.05, 4.69) is 27.4 Å². The largest absolute Gasteiger partial charge is 0.497 e. The molecule has 1 unspecified atom stereocenters. The number of aromatic nitrogens is 3. The minimum absolute atomic E-state index is 0.112. The van der Waals surface area contributed by atoms with Gasteiger partial charge in [-0.1, -0.05) is 5.10 Å². The lowest BCUT2D eigenvalue weighted by atomic mass is 9.75. The van der Waals surface area contributed by atoms with Crippen LogP contribution in [0.4, 0.5) is 19.2 Å². The van der Waals surface area contributed by atoms with Gasteiger partial charge in [0, 0.05) is 23.2 Å². The molecule has 0 aliphatic heterocycles. The average Bonchev–Trinajstić information content (AvgIpc) is 3.36. The zero-order valence-electron chi connectivity index (χ0n) is 20.0. The molecule has 0 radical (unpaired) electrons. The molecule has 4 aromatic rings. The molecule has 36 heavy (non-hydrogen) atoms. The van der Waals surface area contributed by atoms with E-state index < -0.39 is 11.7 Å². The molecule has 2 aromatic heterocycles. The number of hydrogen-bond donors (Lipinski definition) is 1. The van der Waals surface area contributed by atoms with Crippen molar-refractivity contribution in [3.05, 3.63) is 65.9 Å². The highest BCUT2D eigenvalue weighted by molar-refractivity contribution is 5.83. The summed E-state index contributed by atoms with van der Waals surface area (Å²) in [6.45, 7) is 2.10. The van der Waals surface area contributed by atoms with Crippen LogP contribution in [0.3, 0.4) is 0 Å². The van der Waals surface area contributed by atoms with Gasteiger partial charge in [0.15, 0.2) is 0 Å². The third-order valence-electron chi connectivity index (χ3n) is 7.13. The molecule has 1 fully saturated rings. The van der Waals surface area contributed by atoms with Crippen molar-refractivity contribution in [3.63, 3.8) is 0 Å². The quantitative estimate of drug-likeness (QED) is 0.307.